The van der Waals surface area contributed by atoms with Crippen LogP contribution in [0.2, 0.25) is 0 Å². The minimum Gasteiger partial charge on any atom is -0.454 e. The van der Waals surface area contributed by atoms with E-state index in [-0.39, 0.29) is 11.8 Å². The second kappa shape index (κ2) is 10.8. The van der Waals surface area contributed by atoms with E-state index in [1.165, 1.54) is 11.3 Å². The fraction of sp³-hybridized carbons (Fsp3) is 0.409. The second-order valence-corrected chi connectivity index (χ2v) is 7.93. The molecule has 29 heavy (non-hydrogen) atoms. The van der Waals surface area contributed by atoms with Crippen molar-refractivity contribution >= 4 is 34.8 Å². The molecule has 0 fully saturated rings. The van der Waals surface area contributed by atoms with Crippen LogP contribution in [-0.2, 0) is 27.2 Å². The maximum Gasteiger partial charge on any atom is 0.329 e. The third-order valence-electron chi connectivity index (χ3n) is 4.56. The Balaban J connectivity index is 1.97. The summed E-state index contributed by atoms with van der Waals surface area (Å²) in [6, 6.07) is 8.53. The van der Waals surface area contributed by atoms with Crippen molar-refractivity contribution in [2.45, 2.75) is 46.6 Å². The molecule has 156 valence electrons. The summed E-state index contributed by atoms with van der Waals surface area (Å²) in [6.07, 6.45) is 1.57. The van der Waals surface area contributed by atoms with Gasteiger partial charge in [0.2, 0.25) is 0 Å². The highest BCUT2D eigenvalue weighted by molar-refractivity contribution is 7.12. The number of nitrogens with one attached hydrogen (secondary N) is 2. The Hall–Kier alpha value is -2.67. The van der Waals surface area contributed by atoms with E-state index in [0.717, 1.165) is 29.7 Å². The summed E-state index contributed by atoms with van der Waals surface area (Å²) in [6.45, 7) is 7.26. The van der Waals surface area contributed by atoms with E-state index in [9.17, 15) is 14.4 Å². The smallest absolute Gasteiger partial charge is 0.329 e. The number of esters is 1. The predicted molar refractivity (Wildman–Crippen MR) is 115 cm³/mol. The maximum atomic E-state index is 12.5. The number of ether oxygens (including phenoxy) is 1. The molecule has 2 aromatic rings. The van der Waals surface area contributed by atoms with Crippen LogP contribution < -0.4 is 10.6 Å². The molecule has 1 aromatic carbocycles. The largest absolute Gasteiger partial charge is 0.454 e. The van der Waals surface area contributed by atoms with E-state index in [1.807, 2.05) is 45.9 Å². The summed E-state index contributed by atoms with van der Waals surface area (Å²) in [5.74, 6) is -1.54. The zero-order valence-electron chi connectivity index (χ0n) is 17.3. The van der Waals surface area contributed by atoms with E-state index in [1.54, 1.807) is 17.5 Å². The van der Waals surface area contributed by atoms with E-state index in [0.29, 0.717) is 4.88 Å². The Morgan fingerprint density at radius 3 is 2.21 bits per heavy atom. The SMILES string of the molecule is CCc1cccc(CC)c1NC(=O)COC(=O)[C@H](NC(=O)c1cccs1)C(C)C. The van der Waals surface area contributed by atoms with Crippen LogP contribution in [0.15, 0.2) is 35.7 Å². The fourth-order valence-electron chi connectivity index (χ4n) is 2.92. The Morgan fingerprint density at radius 2 is 1.69 bits per heavy atom. The molecule has 2 amide bonds. The molecule has 0 aliphatic rings. The van der Waals surface area contributed by atoms with Crippen molar-refractivity contribution < 1.29 is 19.1 Å². The first-order valence-corrected chi connectivity index (χ1v) is 10.7. The zero-order valence-corrected chi connectivity index (χ0v) is 18.1. The van der Waals surface area contributed by atoms with Gasteiger partial charge in [-0.2, -0.15) is 0 Å². The fourth-order valence-corrected chi connectivity index (χ4v) is 3.55. The number of rotatable bonds is 9. The third kappa shape index (κ3) is 6.15. The second-order valence-electron chi connectivity index (χ2n) is 6.99. The quantitative estimate of drug-likeness (QED) is 0.609. The number of amides is 2. The number of thiophene rings is 1. The molecule has 0 aliphatic heterocycles. The molecule has 0 saturated carbocycles. The lowest BCUT2D eigenvalue weighted by molar-refractivity contribution is -0.150. The van der Waals surface area contributed by atoms with Gasteiger partial charge >= 0.3 is 5.97 Å². The number of benzene rings is 1. The predicted octanol–water partition coefficient (Wildman–Crippen LogP) is 3.81. The van der Waals surface area contributed by atoms with Gasteiger partial charge in [0.05, 0.1) is 4.88 Å². The van der Waals surface area contributed by atoms with Crippen LogP contribution in [0.3, 0.4) is 0 Å². The molecule has 0 saturated heterocycles. The number of para-hydroxylation sites is 1. The molecule has 2 rings (SSSR count). The molecule has 1 atom stereocenters. The van der Waals surface area contributed by atoms with Crippen LogP contribution in [0.4, 0.5) is 5.69 Å². The molecule has 0 bridgehead atoms. The molecule has 0 spiro atoms. The summed E-state index contributed by atoms with van der Waals surface area (Å²) in [4.78, 5) is 37.6. The summed E-state index contributed by atoms with van der Waals surface area (Å²) in [5.41, 5.74) is 2.85. The van der Waals surface area contributed by atoms with Gasteiger partial charge in [-0.15, -0.1) is 11.3 Å². The van der Waals surface area contributed by atoms with Crippen LogP contribution >= 0.6 is 11.3 Å². The van der Waals surface area contributed by atoms with Gasteiger partial charge in [-0.05, 0) is 41.3 Å². The number of aryl methyl sites for hydroxylation is 2. The van der Waals surface area contributed by atoms with Gasteiger partial charge in [0, 0.05) is 5.69 Å². The average Bonchev–Trinajstić information content (AvgIpc) is 3.25. The van der Waals surface area contributed by atoms with Crippen molar-refractivity contribution in [2.24, 2.45) is 5.92 Å². The molecule has 2 N–H and O–H groups in total. The lowest BCUT2D eigenvalue weighted by atomic mass is 10.0. The van der Waals surface area contributed by atoms with Crippen molar-refractivity contribution in [1.29, 1.82) is 0 Å². The van der Waals surface area contributed by atoms with Crippen molar-refractivity contribution in [3.05, 3.63) is 51.7 Å². The average molecular weight is 417 g/mol. The minimum atomic E-state index is -0.827. The van der Waals surface area contributed by atoms with Gasteiger partial charge in [-0.3, -0.25) is 9.59 Å². The van der Waals surface area contributed by atoms with Gasteiger partial charge < -0.3 is 15.4 Å². The molecule has 7 heteroatoms. The number of anilines is 1. The van der Waals surface area contributed by atoms with Gasteiger partial charge in [0.15, 0.2) is 6.61 Å². The van der Waals surface area contributed by atoms with Crippen molar-refractivity contribution in [3.8, 4) is 0 Å². The van der Waals surface area contributed by atoms with Crippen LogP contribution in [0.1, 0.15) is 48.5 Å². The third-order valence-corrected chi connectivity index (χ3v) is 5.43. The first kappa shape index (κ1) is 22.6. The zero-order chi connectivity index (χ0) is 21.4. The van der Waals surface area contributed by atoms with Crippen LogP contribution in [0.25, 0.3) is 0 Å². The molecular formula is C22H28N2O4S. The molecule has 0 aliphatic carbocycles. The van der Waals surface area contributed by atoms with E-state index in [2.05, 4.69) is 10.6 Å². The summed E-state index contributed by atoms with van der Waals surface area (Å²) >= 11 is 1.29. The van der Waals surface area contributed by atoms with Crippen molar-refractivity contribution in [1.82, 2.24) is 5.32 Å². The van der Waals surface area contributed by atoms with Crippen LogP contribution in [-0.4, -0.2) is 30.4 Å². The molecule has 0 unspecified atom stereocenters. The number of carbonyl (C=O) groups excluding carboxylic acids is 3. The van der Waals surface area contributed by atoms with Crippen LogP contribution in [0, 0.1) is 5.92 Å². The molecular weight excluding hydrogens is 388 g/mol. The standard InChI is InChI=1S/C22H28N2O4S/c1-5-15-9-7-10-16(6-2)20(15)23-18(25)13-28-22(27)19(14(3)4)24-21(26)17-11-8-12-29-17/h7-12,14,19H,5-6,13H2,1-4H3,(H,23,25)(H,24,26)/t19-/m1/s1. The molecule has 0 radical (unpaired) electrons. The Bertz CT molecular complexity index is 824. The molecule has 1 aromatic heterocycles. The Morgan fingerprint density at radius 1 is 1.03 bits per heavy atom. The minimum absolute atomic E-state index is 0.179. The number of hydrogen-bond donors (Lipinski definition) is 2. The lowest BCUT2D eigenvalue weighted by Gasteiger charge is -2.20. The van der Waals surface area contributed by atoms with Gasteiger partial charge in [0.1, 0.15) is 6.04 Å². The van der Waals surface area contributed by atoms with E-state index < -0.39 is 24.5 Å². The highest BCUT2D eigenvalue weighted by atomic mass is 32.1. The van der Waals surface area contributed by atoms with Crippen molar-refractivity contribution in [3.63, 3.8) is 0 Å². The van der Waals surface area contributed by atoms with E-state index in [4.69, 9.17) is 4.74 Å². The monoisotopic (exact) mass is 416 g/mol. The first-order chi connectivity index (χ1) is 13.9. The summed E-state index contributed by atoms with van der Waals surface area (Å²) in [5, 5.41) is 7.35. The summed E-state index contributed by atoms with van der Waals surface area (Å²) < 4.78 is 5.20. The maximum absolute atomic E-state index is 12.5. The lowest BCUT2D eigenvalue weighted by Crippen LogP contribution is -2.45. The van der Waals surface area contributed by atoms with E-state index >= 15 is 0 Å². The molecule has 6 nitrogen and oxygen atoms in total. The van der Waals surface area contributed by atoms with Crippen LogP contribution in [0.5, 0.6) is 0 Å². The summed E-state index contributed by atoms with van der Waals surface area (Å²) in [7, 11) is 0. The van der Waals surface area contributed by atoms with Gasteiger partial charge in [-0.1, -0.05) is 52.0 Å². The highest BCUT2D eigenvalue weighted by Crippen LogP contribution is 2.22. The molecule has 1 heterocycles. The highest BCUT2D eigenvalue weighted by Gasteiger charge is 2.27. The van der Waals surface area contributed by atoms with Gasteiger partial charge in [0.25, 0.3) is 11.8 Å². The Labute approximate surface area is 175 Å². The van der Waals surface area contributed by atoms with Crippen molar-refractivity contribution in [2.75, 3.05) is 11.9 Å². The number of carbonyl (C=O) groups is 3. The topological polar surface area (TPSA) is 84.5 Å². The first-order valence-electron chi connectivity index (χ1n) is 9.78. The Kier molecular flexibility index (Phi) is 8.39. The normalized spacial score (nSPS) is 11.8. The number of hydrogen-bond acceptors (Lipinski definition) is 5. The van der Waals surface area contributed by atoms with Gasteiger partial charge in [-0.25, -0.2) is 4.79 Å².